The molecule has 13 atom stereocenters. The van der Waals surface area contributed by atoms with Gasteiger partial charge in [0, 0.05) is 71.1 Å². The topological polar surface area (TPSA) is 479 Å². The number of nitrogens with one attached hydrogen (secondary N) is 6. The molecule has 4 heterocycles. The van der Waals surface area contributed by atoms with Crippen molar-refractivity contribution in [3.63, 3.8) is 0 Å². The lowest BCUT2D eigenvalue weighted by Gasteiger charge is -2.39. The molecule has 4 fully saturated rings. The fourth-order valence-electron chi connectivity index (χ4n) is 8.66. The van der Waals surface area contributed by atoms with Crippen LogP contribution in [0.2, 0.25) is 0 Å². The molecule has 4 rings (SSSR count). The molecule has 0 radical (unpaired) electrons. The van der Waals surface area contributed by atoms with E-state index in [2.05, 4.69) is 31.9 Å². The number of ether oxygens (including phenoxy) is 6. The van der Waals surface area contributed by atoms with Gasteiger partial charge in [0.1, 0.15) is 54.3 Å². The van der Waals surface area contributed by atoms with Crippen LogP contribution in [0.4, 0.5) is 0 Å². The minimum absolute atomic E-state index is 0.0351. The quantitative estimate of drug-likeness (QED) is 0.0156. The van der Waals surface area contributed by atoms with Gasteiger partial charge in [-0.2, -0.15) is 0 Å². The van der Waals surface area contributed by atoms with Crippen molar-refractivity contribution in [3.05, 3.63) is 5.70 Å². The number of carbonyl (C=O) groups excluding carboxylic acids is 9. The Bertz CT molecular complexity index is 2090. The predicted molar refractivity (Wildman–Crippen MR) is 272 cm³/mol. The lowest BCUT2D eigenvalue weighted by Crippen LogP contribution is -2.59. The van der Waals surface area contributed by atoms with Crippen molar-refractivity contribution in [1.29, 1.82) is 0 Å². The second-order valence-corrected chi connectivity index (χ2v) is 19.7. The summed E-state index contributed by atoms with van der Waals surface area (Å²) in [5.41, 5.74) is -0.307. The number of hydrogen-bond acceptors (Lipinski definition) is 27. The molecule has 4 aliphatic rings. The molecule has 0 bridgehead atoms. The first-order valence-corrected chi connectivity index (χ1v) is 27.1. The Labute approximate surface area is 471 Å². The second-order valence-electron chi connectivity index (χ2n) is 19.7. The zero-order valence-corrected chi connectivity index (χ0v) is 45.3. The molecular weight excluding hydrogens is 1100 g/mol. The van der Waals surface area contributed by atoms with Gasteiger partial charge in [0.05, 0.1) is 84.1 Å². The summed E-state index contributed by atoms with van der Waals surface area (Å²) in [6.45, 7) is -4.51. The Balaban J connectivity index is 1.30. The average molecular weight is 1180 g/mol. The number of unbranched alkanes of at least 4 members (excludes halogenated alkanes) is 2. The van der Waals surface area contributed by atoms with Gasteiger partial charge in [-0.1, -0.05) is 0 Å². The third-order valence-corrected chi connectivity index (χ3v) is 13.1. The summed E-state index contributed by atoms with van der Waals surface area (Å²) in [6, 6.07) is -1.18. The van der Waals surface area contributed by atoms with E-state index in [-0.39, 0.29) is 135 Å². The average Bonchev–Trinajstić information content (AvgIpc) is 3.95. The van der Waals surface area contributed by atoms with Gasteiger partial charge < -0.3 is 111 Å². The van der Waals surface area contributed by atoms with Crippen LogP contribution in [0.15, 0.2) is 5.70 Å². The number of aliphatic hydroxyl groups is 9. The van der Waals surface area contributed by atoms with Crippen LogP contribution in [0.25, 0.3) is 0 Å². The molecule has 33 nitrogen and oxygen atoms in total. The van der Waals surface area contributed by atoms with Gasteiger partial charge in [0.25, 0.3) is 11.8 Å². The Hall–Kier alpha value is -5.43. The minimum atomic E-state index is -1.71. The minimum Gasteiger partial charge on any atom is -0.394 e. The van der Waals surface area contributed by atoms with Gasteiger partial charge in [-0.05, 0) is 32.1 Å². The normalized spacial score (nSPS) is 26.8. The van der Waals surface area contributed by atoms with E-state index in [1.54, 1.807) is 5.94 Å². The maximum absolute atomic E-state index is 13.6. The van der Waals surface area contributed by atoms with Crippen LogP contribution < -0.4 is 31.9 Å². The predicted octanol–water partition coefficient (Wildman–Crippen LogP) is -8.58. The number of hydrogen-bond donors (Lipinski definition) is 15. The zero-order valence-electron chi connectivity index (χ0n) is 45.3. The zero-order chi connectivity index (χ0) is 60.1. The number of carbonyl (C=O) groups is 8. The largest absolute Gasteiger partial charge is 0.394 e. The first kappa shape index (κ1) is 69.1. The van der Waals surface area contributed by atoms with Gasteiger partial charge in [-0.15, -0.1) is 5.06 Å². The van der Waals surface area contributed by atoms with Gasteiger partial charge >= 0.3 is 5.97 Å². The number of hydroxylamine groups is 2. The Morgan fingerprint density at radius 1 is 0.610 bits per heavy atom. The van der Waals surface area contributed by atoms with Crippen molar-refractivity contribution in [2.24, 2.45) is 0 Å². The van der Waals surface area contributed by atoms with Crippen molar-refractivity contribution >= 4 is 53.3 Å². The van der Waals surface area contributed by atoms with Crippen LogP contribution in [0.3, 0.4) is 0 Å². The number of nitrogens with zero attached hydrogens (tertiary/aromatic N) is 2. The maximum atomic E-state index is 13.6. The molecule has 0 aromatic heterocycles. The van der Waals surface area contributed by atoms with Crippen molar-refractivity contribution < 1.29 is 122 Å². The highest BCUT2D eigenvalue weighted by Gasteiger charge is 2.44. The smallest absolute Gasteiger partial charge is 0.333 e. The Morgan fingerprint density at radius 3 is 1.80 bits per heavy atom. The van der Waals surface area contributed by atoms with Crippen LogP contribution in [-0.4, -0.2) is 281 Å². The number of rotatable bonds is 37. The molecule has 0 aromatic carbocycles. The van der Waals surface area contributed by atoms with Crippen LogP contribution in [0, 0.1) is 0 Å². The van der Waals surface area contributed by atoms with E-state index in [4.69, 9.17) is 33.3 Å². The highest BCUT2D eigenvalue weighted by molar-refractivity contribution is 6.01. The van der Waals surface area contributed by atoms with E-state index < -0.39 is 161 Å². The van der Waals surface area contributed by atoms with E-state index in [0.717, 1.165) is 0 Å². The van der Waals surface area contributed by atoms with Crippen LogP contribution in [0.5, 0.6) is 0 Å². The SMILES string of the molecule is O=C=C(CNC(=O)CN(CC(=O)NCCOC1CC(O)CC(CO)O1)CC(=O)NCCO[C@@H]1CC(O)[C@H](O)C(CO)O1)NC(CCCCNC(=O)CCCCC(=O)ON1C(=O)CCC1=O)C(=O)NCCO[C@H]1OC(CO)[C@@H](O)C(O)C1O. The number of amides is 7. The van der Waals surface area contributed by atoms with Crippen LogP contribution in [-0.2, 0) is 76.4 Å². The Morgan fingerprint density at radius 2 is 1.18 bits per heavy atom. The Kier molecular flexibility index (Phi) is 31.2. The van der Waals surface area contributed by atoms with E-state index in [1.165, 1.54) is 4.90 Å². The molecule has 0 spiro atoms. The first-order chi connectivity index (χ1) is 39.2. The fourth-order valence-corrected chi connectivity index (χ4v) is 8.66. The molecule has 0 aliphatic carbocycles. The summed E-state index contributed by atoms with van der Waals surface area (Å²) in [5.74, 6) is -3.51. The molecule has 4 aliphatic heterocycles. The highest BCUT2D eigenvalue weighted by atomic mass is 16.7. The van der Waals surface area contributed by atoms with E-state index >= 15 is 0 Å². The summed E-state index contributed by atoms with van der Waals surface area (Å²) in [6.07, 6.45) is -13.5. The standard InChI is InChI=1S/C49H80N8O25/c58-24-28(20-54-38(67)23-56(21-36(65)51-11-14-76-42-18-29(62)17-30(25-59)79-42)22-37(66)52-12-15-77-43-19-32(63)44(71)33(26-60)80-43)55-31(48(75)53-13-16-78-49-47(74)46(73)45(72)34(27-61)81-49)5-3-4-10-50-35(64)6-1-2-7-41(70)82-57-39(68)8-9-40(57)69/h29-34,42-47,49,55,59-63,71-74H,1-23,25-27H2,(H,50,64)(H,51,65)(H,52,66)(H,53,75)(H,54,67)/t29?,30?,31?,32?,33?,34?,42?,43-,44-,45+,46?,47?,49-/m0/s1. The molecule has 0 saturated carbocycles. The summed E-state index contributed by atoms with van der Waals surface area (Å²) in [7, 11) is 0. The van der Waals surface area contributed by atoms with E-state index in [1.807, 2.05) is 0 Å². The molecule has 33 heteroatoms. The lowest BCUT2D eigenvalue weighted by atomic mass is 9.99. The summed E-state index contributed by atoms with van der Waals surface area (Å²) in [4.78, 5) is 119. The fraction of sp³-hybridized carbons (Fsp3) is 0.796. The second kappa shape index (κ2) is 37.0. The van der Waals surface area contributed by atoms with Gasteiger partial charge in [-0.25, -0.2) is 9.59 Å². The maximum Gasteiger partial charge on any atom is 0.333 e. The first-order valence-electron chi connectivity index (χ1n) is 27.1. The molecule has 466 valence electrons. The van der Waals surface area contributed by atoms with Crippen LogP contribution >= 0.6 is 0 Å². The highest BCUT2D eigenvalue weighted by Crippen LogP contribution is 2.23. The van der Waals surface area contributed by atoms with Gasteiger partial charge in [-0.3, -0.25) is 38.5 Å². The molecule has 15 N–H and O–H groups in total. The summed E-state index contributed by atoms with van der Waals surface area (Å²) >= 11 is 0. The number of aliphatic hydroxyl groups excluding tert-OH is 9. The van der Waals surface area contributed by atoms with Crippen molar-refractivity contribution in [3.8, 4) is 0 Å². The van der Waals surface area contributed by atoms with Gasteiger partial charge in [0.2, 0.25) is 29.5 Å². The molecule has 9 unspecified atom stereocenters. The van der Waals surface area contributed by atoms with Crippen molar-refractivity contribution in [2.45, 2.75) is 157 Å². The molecule has 82 heavy (non-hydrogen) atoms. The summed E-state index contributed by atoms with van der Waals surface area (Å²) in [5, 5.41) is 105. The van der Waals surface area contributed by atoms with Crippen LogP contribution in [0.1, 0.15) is 77.0 Å². The monoisotopic (exact) mass is 1180 g/mol. The van der Waals surface area contributed by atoms with Crippen molar-refractivity contribution in [1.82, 2.24) is 41.9 Å². The lowest BCUT2D eigenvalue weighted by molar-refractivity contribution is -0.300. The molecule has 7 amide bonds. The van der Waals surface area contributed by atoms with Gasteiger partial charge in [0.15, 0.2) is 18.9 Å². The summed E-state index contributed by atoms with van der Waals surface area (Å²) < 4.78 is 32.9. The van der Waals surface area contributed by atoms with E-state index in [9.17, 15) is 89.1 Å². The van der Waals surface area contributed by atoms with E-state index in [0.29, 0.717) is 11.5 Å². The molecule has 0 aromatic rings. The third kappa shape index (κ3) is 24.4. The molecular formula is C49H80N8O25. The molecule has 4 saturated heterocycles. The third-order valence-electron chi connectivity index (χ3n) is 13.1. The van der Waals surface area contributed by atoms with Crippen molar-refractivity contribution in [2.75, 3.05) is 92.0 Å². The number of imide groups is 1.